The summed E-state index contributed by atoms with van der Waals surface area (Å²) in [4.78, 5) is 1.97. The van der Waals surface area contributed by atoms with Gasteiger partial charge in [0.15, 0.2) is 9.84 Å². The average Bonchev–Trinajstić information content (AvgIpc) is 3.02. The molecule has 0 spiro atoms. The molecule has 1 heterocycles. The number of hydrogen-bond donors (Lipinski definition) is 1. The number of aliphatic hydroxyl groups is 1. The van der Waals surface area contributed by atoms with Crippen LogP contribution in [0.2, 0.25) is 0 Å². The minimum absolute atomic E-state index is 0.0822. The molecule has 0 amide bonds. The quantitative estimate of drug-likeness (QED) is 0.710. The summed E-state index contributed by atoms with van der Waals surface area (Å²) in [7, 11) is -3.05. The van der Waals surface area contributed by atoms with E-state index in [1.807, 2.05) is 36.9 Å². The maximum absolute atomic E-state index is 13.2. The molecule has 0 aromatic heterocycles. The van der Waals surface area contributed by atoms with Crippen molar-refractivity contribution in [2.75, 3.05) is 24.7 Å². The molecule has 2 atom stereocenters. The third-order valence-electron chi connectivity index (χ3n) is 5.23. The second kappa shape index (κ2) is 9.24. The maximum atomic E-state index is 13.2. The molecule has 0 saturated carbocycles. The lowest BCUT2D eigenvalue weighted by atomic mass is 10.1. The lowest BCUT2D eigenvalue weighted by molar-refractivity contribution is 0.0523. The second-order valence-electron chi connectivity index (χ2n) is 7.85. The van der Waals surface area contributed by atoms with Crippen LogP contribution >= 0.6 is 0 Å². The summed E-state index contributed by atoms with van der Waals surface area (Å²) in [6, 6.07) is 11.8. The first kappa shape index (κ1) is 21.7. The van der Waals surface area contributed by atoms with Crippen molar-refractivity contribution in [3.8, 4) is 5.75 Å². The largest absolute Gasteiger partial charge is 0.491 e. The molecule has 1 N–H and O–H groups in total. The summed E-state index contributed by atoms with van der Waals surface area (Å²) in [6.45, 7) is 4.81. The fraction of sp³-hybridized carbons (Fsp3) is 0.455. The molecule has 2 unspecified atom stereocenters. The molecule has 1 saturated heterocycles. The standard InChI is InChI=1S/C22H28FNO4S/c1-16-3-8-22(17(2)11-16)28-14-21(25)13-24(20-9-10-29(26,27)15-20)12-18-4-6-19(23)7-5-18/h3-8,11,20-21,25H,9-10,12-15H2,1-2H3. The third-order valence-corrected chi connectivity index (χ3v) is 6.98. The molecule has 158 valence electrons. The summed E-state index contributed by atoms with van der Waals surface area (Å²) in [5.74, 6) is 0.653. The SMILES string of the molecule is Cc1ccc(OCC(O)CN(Cc2ccc(F)cc2)C2CCS(=O)(=O)C2)c(C)c1. The van der Waals surface area contributed by atoms with Crippen LogP contribution in [0.15, 0.2) is 42.5 Å². The monoisotopic (exact) mass is 421 g/mol. The first-order chi connectivity index (χ1) is 13.7. The van der Waals surface area contributed by atoms with Gasteiger partial charge in [0.05, 0.1) is 11.5 Å². The zero-order chi connectivity index (χ0) is 21.0. The van der Waals surface area contributed by atoms with Gasteiger partial charge in [0.1, 0.15) is 24.3 Å². The fourth-order valence-electron chi connectivity index (χ4n) is 3.70. The van der Waals surface area contributed by atoms with E-state index in [1.165, 1.54) is 12.1 Å². The first-order valence-corrected chi connectivity index (χ1v) is 11.6. The van der Waals surface area contributed by atoms with Gasteiger partial charge in [-0.1, -0.05) is 29.8 Å². The number of sulfone groups is 1. The predicted octanol–water partition coefficient (Wildman–Crippen LogP) is 2.87. The van der Waals surface area contributed by atoms with E-state index in [-0.39, 0.29) is 36.5 Å². The van der Waals surface area contributed by atoms with Gasteiger partial charge < -0.3 is 9.84 Å². The van der Waals surface area contributed by atoms with E-state index < -0.39 is 15.9 Å². The molecule has 2 aromatic rings. The number of nitrogens with zero attached hydrogens (tertiary/aromatic N) is 1. The Hall–Kier alpha value is -1.96. The van der Waals surface area contributed by atoms with Gasteiger partial charge in [-0.3, -0.25) is 4.90 Å². The smallest absolute Gasteiger partial charge is 0.151 e. The van der Waals surface area contributed by atoms with Crippen LogP contribution in [0.1, 0.15) is 23.1 Å². The molecule has 1 fully saturated rings. The maximum Gasteiger partial charge on any atom is 0.151 e. The molecule has 0 radical (unpaired) electrons. The second-order valence-corrected chi connectivity index (χ2v) is 10.1. The normalized spacial score (nSPS) is 19.4. The first-order valence-electron chi connectivity index (χ1n) is 9.79. The van der Waals surface area contributed by atoms with Gasteiger partial charge in [-0.2, -0.15) is 0 Å². The van der Waals surface area contributed by atoms with Crippen LogP contribution in [0, 0.1) is 19.7 Å². The highest BCUT2D eigenvalue weighted by Crippen LogP contribution is 2.22. The third kappa shape index (κ3) is 6.26. The minimum Gasteiger partial charge on any atom is -0.491 e. The van der Waals surface area contributed by atoms with Gasteiger partial charge in [0.2, 0.25) is 0 Å². The van der Waals surface area contributed by atoms with Gasteiger partial charge in [0, 0.05) is 19.1 Å². The van der Waals surface area contributed by atoms with Crippen LogP contribution in [0.4, 0.5) is 4.39 Å². The van der Waals surface area contributed by atoms with Crippen molar-refractivity contribution >= 4 is 9.84 Å². The highest BCUT2D eigenvalue weighted by molar-refractivity contribution is 7.91. The average molecular weight is 422 g/mol. The fourth-order valence-corrected chi connectivity index (χ4v) is 5.46. The Bertz CT molecular complexity index is 930. The summed E-state index contributed by atoms with van der Waals surface area (Å²) >= 11 is 0. The zero-order valence-corrected chi connectivity index (χ0v) is 17.7. The molecule has 0 bridgehead atoms. The number of aryl methyl sites for hydroxylation is 2. The molecule has 0 aliphatic carbocycles. The van der Waals surface area contributed by atoms with Gasteiger partial charge in [-0.05, 0) is 49.6 Å². The summed E-state index contributed by atoms with van der Waals surface area (Å²) < 4.78 is 42.9. The number of benzene rings is 2. The van der Waals surface area contributed by atoms with Crippen molar-refractivity contribution in [1.29, 1.82) is 0 Å². The molecule has 29 heavy (non-hydrogen) atoms. The summed E-state index contributed by atoms with van der Waals surface area (Å²) in [6.07, 6.45) is -0.242. The van der Waals surface area contributed by atoms with Gasteiger partial charge in [0.25, 0.3) is 0 Å². The van der Waals surface area contributed by atoms with Crippen LogP contribution in [0.25, 0.3) is 0 Å². The number of rotatable bonds is 8. The zero-order valence-electron chi connectivity index (χ0n) is 16.8. The Morgan fingerprint density at radius 2 is 1.93 bits per heavy atom. The Morgan fingerprint density at radius 1 is 1.21 bits per heavy atom. The minimum atomic E-state index is -3.05. The van der Waals surface area contributed by atoms with Crippen LogP contribution in [-0.2, 0) is 16.4 Å². The number of aliphatic hydroxyl groups excluding tert-OH is 1. The molecular formula is C22H28FNO4S. The summed E-state index contributed by atoms with van der Waals surface area (Å²) in [5.41, 5.74) is 3.02. The van der Waals surface area contributed by atoms with Crippen molar-refractivity contribution in [3.63, 3.8) is 0 Å². The highest BCUT2D eigenvalue weighted by Gasteiger charge is 2.33. The Morgan fingerprint density at radius 3 is 2.55 bits per heavy atom. The van der Waals surface area contributed by atoms with Crippen LogP contribution in [0.3, 0.4) is 0 Å². The predicted molar refractivity (Wildman–Crippen MR) is 111 cm³/mol. The van der Waals surface area contributed by atoms with Crippen molar-refractivity contribution in [2.45, 2.75) is 39.0 Å². The summed E-state index contributed by atoms with van der Waals surface area (Å²) in [5, 5.41) is 10.6. The van der Waals surface area contributed by atoms with Crippen molar-refractivity contribution in [3.05, 3.63) is 65.0 Å². The Labute approximate surface area is 172 Å². The molecule has 2 aromatic carbocycles. The lowest BCUT2D eigenvalue weighted by Crippen LogP contribution is -2.42. The van der Waals surface area contributed by atoms with E-state index >= 15 is 0 Å². The topological polar surface area (TPSA) is 66.8 Å². The molecule has 3 rings (SSSR count). The van der Waals surface area contributed by atoms with E-state index in [0.29, 0.717) is 13.0 Å². The highest BCUT2D eigenvalue weighted by atomic mass is 32.2. The van der Waals surface area contributed by atoms with E-state index in [0.717, 1.165) is 22.4 Å². The Balaban J connectivity index is 1.65. The lowest BCUT2D eigenvalue weighted by Gasteiger charge is -2.30. The van der Waals surface area contributed by atoms with E-state index in [4.69, 9.17) is 4.74 Å². The molecule has 1 aliphatic heterocycles. The molecular weight excluding hydrogens is 393 g/mol. The molecule has 7 heteroatoms. The molecule has 5 nitrogen and oxygen atoms in total. The Kier molecular flexibility index (Phi) is 6.93. The van der Waals surface area contributed by atoms with Crippen molar-refractivity contribution in [1.82, 2.24) is 4.90 Å². The van der Waals surface area contributed by atoms with Gasteiger partial charge in [-0.25, -0.2) is 12.8 Å². The van der Waals surface area contributed by atoms with Crippen LogP contribution in [0.5, 0.6) is 5.75 Å². The van der Waals surface area contributed by atoms with E-state index in [9.17, 15) is 17.9 Å². The van der Waals surface area contributed by atoms with E-state index in [2.05, 4.69) is 0 Å². The number of hydrogen-bond acceptors (Lipinski definition) is 5. The van der Waals surface area contributed by atoms with Gasteiger partial charge >= 0.3 is 0 Å². The van der Waals surface area contributed by atoms with E-state index in [1.54, 1.807) is 12.1 Å². The van der Waals surface area contributed by atoms with Crippen molar-refractivity contribution < 1.29 is 22.7 Å². The van der Waals surface area contributed by atoms with Crippen molar-refractivity contribution in [2.24, 2.45) is 0 Å². The van der Waals surface area contributed by atoms with Gasteiger partial charge in [-0.15, -0.1) is 0 Å². The van der Waals surface area contributed by atoms with Crippen LogP contribution < -0.4 is 4.74 Å². The molecule has 1 aliphatic rings. The number of ether oxygens (including phenoxy) is 1. The number of halogens is 1. The van der Waals surface area contributed by atoms with Crippen LogP contribution in [-0.4, -0.2) is 55.2 Å².